The number of benzene rings is 2. The lowest BCUT2D eigenvalue weighted by Gasteiger charge is -2.58. The number of aryl methyl sites for hydroxylation is 2. The molecular formula is C28H27N5O3S2. The Balaban J connectivity index is 1.14. The summed E-state index contributed by atoms with van der Waals surface area (Å²) in [6, 6.07) is 16.5. The van der Waals surface area contributed by atoms with Gasteiger partial charge in [-0.2, -0.15) is 0 Å². The van der Waals surface area contributed by atoms with Gasteiger partial charge in [-0.25, -0.2) is 30.9 Å². The molecule has 1 atom stereocenters. The quantitative estimate of drug-likeness (QED) is 0.326. The third kappa shape index (κ3) is 3.58. The Morgan fingerprint density at radius 3 is 2.24 bits per heavy atom. The molecule has 8 nitrogen and oxygen atoms in total. The van der Waals surface area contributed by atoms with Crippen LogP contribution in [0.4, 0.5) is 0 Å². The Hall–Kier alpha value is -3.34. The highest BCUT2D eigenvalue weighted by atomic mass is 32.2. The van der Waals surface area contributed by atoms with E-state index in [9.17, 15) is 12.6 Å². The van der Waals surface area contributed by atoms with Gasteiger partial charge in [-0.15, -0.1) is 0 Å². The fourth-order valence-corrected chi connectivity index (χ4v) is 8.67. The molecule has 4 heterocycles. The molecule has 0 amide bonds. The van der Waals surface area contributed by atoms with Crippen LogP contribution in [0.25, 0.3) is 16.8 Å². The van der Waals surface area contributed by atoms with Crippen molar-refractivity contribution in [3.63, 3.8) is 0 Å². The largest absolute Gasteiger partial charge is 0.292 e. The van der Waals surface area contributed by atoms with Crippen molar-refractivity contribution < 1.29 is 12.6 Å². The molecule has 1 aliphatic heterocycles. The van der Waals surface area contributed by atoms with Gasteiger partial charge in [-0.05, 0) is 62.4 Å². The fourth-order valence-electron chi connectivity index (χ4n) is 5.93. The molecule has 2 aliphatic rings. The van der Waals surface area contributed by atoms with Crippen LogP contribution in [0.5, 0.6) is 0 Å². The lowest BCUT2D eigenvalue weighted by atomic mass is 9.58. The molecule has 5 aromatic rings. The second-order valence-corrected chi connectivity index (χ2v) is 14.0. The molecule has 1 aliphatic carbocycles. The topological polar surface area (TPSA) is 89.6 Å². The number of fused-ring (bicyclic) bond motifs is 3. The van der Waals surface area contributed by atoms with Gasteiger partial charge >= 0.3 is 0 Å². The van der Waals surface area contributed by atoms with Crippen molar-refractivity contribution in [2.75, 3.05) is 13.1 Å². The Kier molecular flexibility index (Phi) is 5.21. The summed E-state index contributed by atoms with van der Waals surface area (Å²) in [5, 5.41) is 0. The van der Waals surface area contributed by atoms with Crippen LogP contribution in [-0.4, -0.2) is 48.4 Å². The Bertz CT molecular complexity index is 1830. The van der Waals surface area contributed by atoms with Crippen LogP contribution in [-0.2, 0) is 21.0 Å². The zero-order valence-electron chi connectivity index (χ0n) is 21.1. The summed E-state index contributed by atoms with van der Waals surface area (Å²) in [5.74, 6) is 0.308. The second-order valence-electron chi connectivity index (χ2n) is 10.7. The first kappa shape index (κ1) is 23.8. The van der Waals surface area contributed by atoms with E-state index in [1.807, 2.05) is 53.0 Å². The van der Waals surface area contributed by atoms with Gasteiger partial charge in [0.15, 0.2) is 11.3 Å². The van der Waals surface area contributed by atoms with Crippen molar-refractivity contribution in [2.45, 2.75) is 42.4 Å². The van der Waals surface area contributed by atoms with E-state index in [0.29, 0.717) is 17.2 Å². The number of nitrogens with zero attached hydrogens (tertiary/aromatic N) is 5. The van der Waals surface area contributed by atoms with Gasteiger partial charge in [-0.3, -0.25) is 4.40 Å². The first-order chi connectivity index (χ1) is 18.2. The van der Waals surface area contributed by atoms with Gasteiger partial charge < -0.3 is 0 Å². The van der Waals surface area contributed by atoms with Gasteiger partial charge in [0.25, 0.3) is 10.0 Å². The average molecular weight is 546 g/mol. The predicted molar refractivity (Wildman–Crippen MR) is 146 cm³/mol. The van der Waals surface area contributed by atoms with Crippen LogP contribution >= 0.6 is 0 Å². The van der Waals surface area contributed by atoms with Crippen molar-refractivity contribution in [2.24, 2.45) is 5.41 Å². The predicted octanol–water partition coefficient (Wildman–Crippen LogP) is 4.44. The summed E-state index contributed by atoms with van der Waals surface area (Å²) >= 11 is 0. The number of aromatic nitrogens is 4. The van der Waals surface area contributed by atoms with Crippen LogP contribution in [0.3, 0.4) is 0 Å². The van der Waals surface area contributed by atoms with Gasteiger partial charge in [0, 0.05) is 37.1 Å². The molecule has 0 radical (unpaired) electrons. The van der Waals surface area contributed by atoms with Crippen molar-refractivity contribution >= 4 is 37.8 Å². The monoisotopic (exact) mass is 545 g/mol. The third-order valence-corrected chi connectivity index (χ3v) is 11.1. The maximum Gasteiger partial charge on any atom is 0.269 e. The molecule has 2 fully saturated rings. The summed E-state index contributed by atoms with van der Waals surface area (Å²) in [5.41, 5.74) is 5.22. The molecule has 0 N–H and O–H groups in total. The lowest BCUT2D eigenvalue weighted by molar-refractivity contribution is -0.0240. The van der Waals surface area contributed by atoms with Gasteiger partial charge in [0.05, 0.1) is 21.5 Å². The van der Waals surface area contributed by atoms with Crippen LogP contribution in [0.2, 0.25) is 0 Å². The van der Waals surface area contributed by atoms with Crippen molar-refractivity contribution in [1.29, 1.82) is 0 Å². The smallest absolute Gasteiger partial charge is 0.269 e. The summed E-state index contributed by atoms with van der Waals surface area (Å²) in [6.07, 6.45) is 7.09. The van der Waals surface area contributed by atoms with E-state index in [1.54, 1.807) is 42.7 Å². The Labute approximate surface area is 223 Å². The molecular weight excluding hydrogens is 518 g/mol. The van der Waals surface area contributed by atoms with E-state index in [-0.39, 0.29) is 10.3 Å². The van der Waals surface area contributed by atoms with Crippen LogP contribution in [0.15, 0.2) is 83.0 Å². The van der Waals surface area contributed by atoms with Crippen LogP contribution in [0, 0.1) is 19.3 Å². The summed E-state index contributed by atoms with van der Waals surface area (Å²) in [7, 11) is -4.91. The number of imidazole rings is 1. The molecule has 1 saturated heterocycles. The van der Waals surface area contributed by atoms with E-state index < -0.39 is 21.0 Å². The summed E-state index contributed by atoms with van der Waals surface area (Å²) in [6.45, 7) is 5.60. The summed E-state index contributed by atoms with van der Waals surface area (Å²) < 4.78 is 45.1. The first-order valence-corrected chi connectivity index (χ1v) is 15.2. The Morgan fingerprint density at radius 1 is 0.895 bits per heavy atom. The highest BCUT2D eigenvalue weighted by Crippen LogP contribution is 2.56. The number of hydrogen-bond acceptors (Lipinski definition) is 5. The molecule has 38 heavy (non-hydrogen) atoms. The van der Waals surface area contributed by atoms with Crippen LogP contribution < -0.4 is 0 Å². The first-order valence-electron chi connectivity index (χ1n) is 12.6. The van der Waals surface area contributed by atoms with Crippen molar-refractivity contribution in [1.82, 2.24) is 22.6 Å². The van der Waals surface area contributed by atoms with E-state index in [0.717, 1.165) is 53.2 Å². The SMILES string of the molecule is Cc1ccc(S(=O)N2CC3(CC(c4cnc5cnc6c(ccn6S(=O)(=O)c6ccc(C)cc6)n45)C3)C2)cc1. The van der Waals surface area contributed by atoms with Gasteiger partial charge in [0.1, 0.15) is 11.0 Å². The maximum atomic E-state index is 13.4. The highest BCUT2D eigenvalue weighted by Gasteiger charge is 2.54. The van der Waals surface area contributed by atoms with Crippen molar-refractivity contribution in [3.05, 3.63) is 90.0 Å². The van der Waals surface area contributed by atoms with Gasteiger partial charge in [0.2, 0.25) is 0 Å². The van der Waals surface area contributed by atoms with E-state index in [1.165, 1.54) is 3.97 Å². The number of rotatable bonds is 5. The average Bonchev–Trinajstić information content (AvgIpc) is 3.47. The molecule has 1 saturated carbocycles. The fraction of sp³-hybridized carbons (Fsp3) is 0.286. The minimum absolute atomic E-state index is 0.183. The zero-order valence-corrected chi connectivity index (χ0v) is 22.7. The third-order valence-electron chi connectivity index (χ3n) is 8.00. The lowest BCUT2D eigenvalue weighted by Crippen LogP contribution is -2.61. The van der Waals surface area contributed by atoms with E-state index in [4.69, 9.17) is 0 Å². The number of hydrogen-bond donors (Lipinski definition) is 0. The van der Waals surface area contributed by atoms with Gasteiger partial charge in [-0.1, -0.05) is 35.4 Å². The van der Waals surface area contributed by atoms with E-state index in [2.05, 4.69) is 9.97 Å². The zero-order chi connectivity index (χ0) is 26.2. The maximum absolute atomic E-state index is 13.4. The molecule has 194 valence electrons. The molecule has 0 bridgehead atoms. The molecule has 2 aromatic carbocycles. The Morgan fingerprint density at radius 2 is 1.55 bits per heavy atom. The van der Waals surface area contributed by atoms with Crippen molar-refractivity contribution in [3.8, 4) is 0 Å². The van der Waals surface area contributed by atoms with Crippen LogP contribution in [0.1, 0.15) is 35.6 Å². The highest BCUT2D eigenvalue weighted by molar-refractivity contribution is 7.90. The molecule has 10 heteroatoms. The normalized spacial score (nSPS) is 18.6. The standard InChI is InChI=1S/C28H27N5O3S2/c1-19-3-7-22(8-4-19)37(34)31-17-28(18-31)13-21(14-28)25-15-29-26-16-30-27-24(33(25)26)11-12-32(27)38(35,36)23-9-5-20(2)6-10-23/h3-12,15-16,21H,13-14,17-18H2,1-2H3. The molecule has 7 rings (SSSR count). The minimum atomic E-state index is -3.78. The van der Waals surface area contributed by atoms with E-state index >= 15 is 0 Å². The second kappa shape index (κ2) is 8.33. The summed E-state index contributed by atoms with van der Waals surface area (Å²) in [4.78, 5) is 10.1. The minimum Gasteiger partial charge on any atom is -0.292 e. The molecule has 3 aromatic heterocycles. The molecule has 1 spiro atoms. The molecule has 1 unspecified atom stereocenters.